The second-order valence-electron chi connectivity index (χ2n) is 6.17. The molecule has 1 aliphatic rings. The second-order valence-corrected chi connectivity index (χ2v) is 6.17. The molecule has 1 aliphatic heterocycles. The zero-order chi connectivity index (χ0) is 14.8. The van der Waals surface area contributed by atoms with Gasteiger partial charge in [0.25, 0.3) is 0 Å². The molecule has 108 valence electrons. The molecule has 0 saturated carbocycles. The van der Waals surface area contributed by atoms with Crippen molar-refractivity contribution in [2.75, 3.05) is 18.0 Å². The van der Waals surface area contributed by atoms with Crippen LogP contribution in [-0.4, -0.2) is 29.8 Å². The highest BCUT2D eigenvalue weighted by Crippen LogP contribution is 2.29. The molecule has 0 bridgehead atoms. The number of nitrogens with zero attached hydrogens (tertiary/aromatic N) is 2. The third-order valence-electron chi connectivity index (χ3n) is 3.69. The van der Waals surface area contributed by atoms with Crippen molar-refractivity contribution in [1.82, 2.24) is 5.32 Å². The summed E-state index contributed by atoms with van der Waals surface area (Å²) in [5, 5.41) is 22.8. The summed E-state index contributed by atoms with van der Waals surface area (Å²) in [5.41, 5.74) is 2.08. The SMILES string of the molecule is CC(C)NCc1ccc(N2CCC(C)(O)C2)c(C#N)c1. The summed E-state index contributed by atoms with van der Waals surface area (Å²) in [6, 6.07) is 8.70. The molecule has 0 aromatic heterocycles. The molecular formula is C16H23N3O. The van der Waals surface area contributed by atoms with E-state index in [1.165, 1.54) is 0 Å². The van der Waals surface area contributed by atoms with Gasteiger partial charge in [0.2, 0.25) is 0 Å². The molecular weight excluding hydrogens is 250 g/mol. The predicted molar refractivity (Wildman–Crippen MR) is 80.6 cm³/mol. The van der Waals surface area contributed by atoms with Crippen LogP contribution in [0.15, 0.2) is 18.2 Å². The van der Waals surface area contributed by atoms with Crippen molar-refractivity contribution in [3.8, 4) is 6.07 Å². The fourth-order valence-electron chi connectivity index (χ4n) is 2.53. The number of aliphatic hydroxyl groups is 1. The Labute approximate surface area is 121 Å². The van der Waals surface area contributed by atoms with E-state index in [-0.39, 0.29) is 0 Å². The van der Waals surface area contributed by atoms with Crippen molar-refractivity contribution in [2.45, 2.75) is 45.4 Å². The number of benzene rings is 1. The third kappa shape index (κ3) is 3.50. The van der Waals surface area contributed by atoms with Crippen molar-refractivity contribution >= 4 is 5.69 Å². The van der Waals surface area contributed by atoms with Gasteiger partial charge in [-0.2, -0.15) is 5.26 Å². The van der Waals surface area contributed by atoms with Crippen LogP contribution in [0.1, 0.15) is 38.3 Å². The molecule has 1 aromatic rings. The molecule has 1 atom stereocenters. The maximum absolute atomic E-state index is 10.1. The number of β-amino-alcohol motifs (C(OH)–C–C–N with tert-alkyl or cyclic N) is 1. The maximum Gasteiger partial charge on any atom is 0.101 e. The van der Waals surface area contributed by atoms with Crippen molar-refractivity contribution < 1.29 is 5.11 Å². The first-order valence-electron chi connectivity index (χ1n) is 7.15. The smallest absolute Gasteiger partial charge is 0.101 e. The van der Waals surface area contributed by atoms with Gasteiger partial charge in [0.05, 0.1) is 16.9 Å². The summed E-state index contributed by atoms with van der Waals surface area (Å²) >= 11 is 0. The van der Waals surface area contributed by atoms with Crippen molar-refractivity contribution in [3.05, 3.63) is 29.3 Å². The summed E-state index contributed by atoms with van der Waals surface area (Å²) in [6.45, 7) is 8.21. The first-order valence-corrected chi connectivity index (χ1v) is 7.15. The molecule has 1 aromatic carbocycles. The van der Waals surface area contributed by atoms with Crippen LogP contribution < -0.4 is 10.2 Å². The number of rotatable bonds is 4. The number of hydrogen-bond acceptors (Lipinski definition) is 4. The Kier molecular flexibility index (Phi) is 4.32. The molecule has 0 aliphatic carbocycles. The molecule has 20 heavy (non-hydrogen) atoms. The number of hydrogen-bond donors (Lipinski definition) is 2. The highest BCUT2D eigenvalue weighted by Gasteiger charge is 2.32. The van der Waals surface area contributed by atoms with Gasteiger partial charge in [-0.25, -0.2) is 0 Å². The molecule has 0 amide bonds. The molecule has 1 fully saturated rings. The zero-order valence-electron chi connectivity index (χ0n) is 12.5. The van der Waals surface area contributed by atoms with E-state index in [0.29, 0.717) is 18.2 Å². The molecule has 4 nitrogen and oxygen atoms in total. The largest absolute Gasteiger partial charge is 0.388 e. The second kappa shape index (κ2) is 5.82. The fourth-order valence-corrected chi connectivity index (χ4v) is 2.53. The average Bonchev–Trinajstić information content (AvgIpc) is 2.76. The van der Waals surface area contributed by atoms with Gasteiger partial charge in [-0.1, -0.05) is 19.9 Å². The quantitative estimate of drug-likeness (QED) is 0.881. The topological polar surface area (TPSA) is 59.3 Å². The van der Waals surface area contributed by atoms with Gasteiger partial charge in [0.1, 0.15) is 6.07 Å². The van der Waals surface area contributed by atoms with Crippen molar-refractivity contribution in [3.63, 3.8) is 0 Å². The van der Waals surface area contributed by atoms with Gasteiger partial charge in [-0.05, 0) is 31.0 Å². The Morgan fingerprint density at radius 3 is 2.80 bits per heavy atom. The van der Waals surface area contributed by atoms with Crippen LogP contribution >= 0.6 is 0 Å². The average molecular weight is 273 g/mol. The van der Waals surface area contributed by atoms with E-state index in [1.807, 2.05) is 19.1 Å². The normalized spacial score (nSPS) is 22.3. The van der Waals surface area contributed by atoms with E-state index >= 15 is 0 Å². The number of anilines is 1. The lowest BCUT2D eigenvalue weighted by Gasteiger charge is -2.22. The molecule has 1 saturated heterocycles. The highest BCUT2D eigenvalue weighted by atomic mass is 16.3. The van der Waals surface area contributed by atoms with Gasteiger partial charge < -0.3 is 15.3 Å². The lowest BCUT2D eigenvalue weighted by molar-refractivity contribution is 0.0839. The Morgan fingerprint density at radius 1 is 1.50 bits per heavy atom. The van der Waals surface area contributed by atoms with Gasteiger partial charge in [0.15, 0.2) is 0 Å². The lowest BCUT2D eigenvalue weighted by atomic mass is 10.1. The standard InChI is InChI=1S/C16H23N3O/c1-12(2)18-10-13-4-5-15(14(8-13)9-17)19-7-6-16(3,20)11-19/h4-5,8,12,18,20H,6-7,10-11H2,1-3H3. The van der Waals surface area contributed by atoms with Crippen LogP contribution in [0.4, 0.5) is 5.69 Å². The van der Waals surface area contributed by atoms with Crippen molar-refractivity contribution in [2.24, 2.45) is 0 Å². The molecule has 2 N–H and O–H groups in total. The maximum atomic E-state index is 10.1. The Balaban J connectivity index is 2.17. The van der Waals surface area contributed by atoms with E-state index in [4.69, 9.17) is 0 Å². The summed E-state index contributed by atoms with van der Waals surface area (Å²) < 4.78 is 0. The zero-order valence-corrected chi connectivity index (χ0v) is 12.5. The van der Waals surface area contributed by atoms with E-state index in [9.17, 15) is 10.4 Å². The minimum absolute atomic E-state index is 0.425. The van der Waals surface area contributed by atoms with E-state index < -0.39 is 5.60 Å². The van der Waals surface area contributed by atoms with Crippen LogP contribution in [0.2, 0.25) is 0 Å². The lowest BCUT2D eigenvalue weighted by Crippen LogP contribution is -2.30. The summed E-state index contributed by atoms with van der Waals surface area (Å²) in [7, 11) is 0. The fraction of sp³-hybridized carbons (Fsp3) is 0.562. The van der Waals surface area contributed by atoms with Gasteiger partial charge >= 0.3 is 0 Å². The van der Waals surface area contributed by atoms with E-state index in [1.54, 1.807) is 0 Å². The molecule has 0 radical (unpaired) electrons. The molecule has 4 heteroatoms. The number of nitrogens with one attached hydrogen (secondary N) is 1. The van der Waals surface area contributed by atoms with Gasteiger partial charge in [0, 0.05) is 25.7 Å². The van der Waals surface area contributed by atoms with Crippen LogP contribution in [-0.2, 0) is 6.54 Å². The summed E-state index contributed by atoms with van der Waals surface area (Å²) in [4.78, 5) is 2.10. The Bertz CT molecular complexity index is 517. The monoisotopic (exact) mass is 273 g/mol. The first-order chi connectivity index (χ1) is 9.41. The third-order valence-corrected chi connectivity index (χ3v) is 3.69. The molecule has 0 spiro atoms. The molecule has 1 heterocycles. The minimum Gasteiger partial charge on any atom is -0.388 e. The molecule has 2 rings (SSSR count). The Morgan fingerprint density at radius 2 is 2.25 bits per heavy atom. The van der Waals surface area contributed by atoms with Crippen LogP contribution in [0.3, 0.4) is 0 Å². The predicted octanol–water partition coefficient (Wildman–Crippen LogP) is 2.02. The van der Waals surface area contributed by atoms with Crippen LogP contribution in [0, 0.1) is 11.3 Å². The Hall–Kier alpha value is -1.57. The van der Waals surface area contributed by atoms with E-state index in [2.05, 4.69) is 36.2 Å². The minimum atomic E-state index is -0.648. The summed E-state index contributed by atoms with van der Waals surface area (Å²) in [6.07, 6.45) is 0.745. The highest BCUT2D eigenvalue weighted by molar-refractivity contribution is 5.61. The first kappa shape index (κ1) is 14.8. The van der Waals surface area contributed by atoms with Crippen LogP contribution in [0.25, 0.3) is 0 Å². The van der Waals surface area contributed by atoms with Gasteiger partial charge in [-0.15, -0.1) is 0 Å². The summed E-state index contributed by atoms with van der Waals surface area (Å²) in [5.74, 6) is 0. The molecule has 1 unspecified atom stereocenters. The van der Waals surface area contributed by atoms with Crippen molar-refractivity contribution in [1.29, 1.82) is 5.26 Å². The van der Waals surface area contributed by atoms with Crippen LogP contribution in [0.5, 0.6) is 0 Å². The number of nitriles is 1. The van der Waals surface area contributed by atoms with E-state index in [0.717, 1.165) is 30.8 Å². The van der Waals surface area contributed by atoms with Gasteiger partial charge in [-0.3, -0.25) is 0 Å².